The molecule has 7 nitrogen and oxygen atoms in total. The quantitative estimate of drug-likeness (QED) is 0.675. The van der Waals surface area contributed by atoms with Crippen LogP contribution in [0.25, 0.3) is 0 Å². The molecule has 8 heteroatoms. The topological polar surface area (TPSA) is 92.1 Å². The van der Waals surface area contributed by atoms with Gasteiger partial charge in [0.15, 0.2) is 0 Å². The Morgan fingerprint density at radius 2 is 2.00 bits per heavy atom. The molecule has 1 aromatic carbocycles. The monoisotopic (exact) mass is 407 g/mol. The Labute approximate surface area is 173 Å². The first-order valence-electron chi connectivity index (χ1n) is 9.83. The molecule has 0 radical (unpaired) electrons. The second kappa shape index (κ2) is 8.62. The molecule has 0 aliphatic carbocycles. The third kappa shape index (κ3) is 4.65. The highest BCUT2D eigenvalue weighted by atomic mass is 19.1. The van der Waals surface area contributed by atoms with E-state index in [1.54, 1.807) is 36.8 Å². The second-order valence-corrected chi connectivity index (χ2v) is 7.53. The van der Waals surface area contributed by atoms with Crippen molar-refractivity contribution in [2.75, 3.05) is 11.4 Å². The maximum absolute atomic E-state index is 13.2. The summed E-state index contributed by atoms with van der Waals surface area (Å²) in [6.07, 6.45) is 5.27. The van der Waals surface area contributed by atoms with Crippen LogP contribution in [0.4, 0.5) is 10.2 Å². The van der Waals surface area contributed by atoms with Crippen LogP contribution >= 0.6 is 0 Å². The fourth-order valence-electron chi connectivity index (χ4n) is 3.56. The Bertz CT molecular complexity index is 1030. The van der Waals surface area contributed by atoms with Crippen LogP contribution in [0.1, 0.15) is 42.0 Å². The van der Waals surface area contributed by atoms with Gasteiger partial charge in [-0.3, -0.25) is 19.7 Å². The number of halogens is 1. The summed E-state index contributed by atoms with van der Waals surface area (Å²) in [6.45, 7) is 2.24. The number of hydrogen-bond acceptors (Lipinski definition) is 6. The third-order valence-corrected chi connectivity index (χ3v) is 5.10. The van der Waals surface area contributed by atoms with Crippen molar-refractivity contribution in [2.45, 2.75) is 38.2 Å². The highest BCUT2D eigenvalue weighted by Crippen LogP contribution is 2.24. The largest absolute Gasteiger partial charge is 0.391 e. The zero-order chi connectivity index (χ0) is 21.1. The lowest BCUT2D eigenvalue weighted by Gasteiger charge is -2.18. The fraction of sp³-hybridized carbons (Fsp3) is 0.318. The first-order valence-corrected chi connectivity index (χ1v) is 9.83. The van der Waals surface area contributed by atoms with Crippen LogP contribution in [0.3, 0.4) is 0 Å². The van der Waals surface area contributed by atoms with Crippen molar-refractivity contribution in [3.63, 3.8) is 0 Å². The van der Waals surface area contributed by atoms with Crippen molar-refractivity contribution in [1.82, 2.24) is 19.9 Å². The number of β-amino-alcohol motifs (C(OH)–C–C–N with tert-alkyl or cyclic N) is 1. The number of hydrogen-bond donors (Lipinski definition) is 1. The summed E-state index contributed by atoms with van der Waals surface area (Å²) >= 11 is 0. The lowest BCUT2D eigenvalue weighted by atomic mass is 9.97. The number of aliphatic hydroxyl groups excluding tert-OH is 1. The van der Waals surface area contributed by atoms with Gasteiger partial charge in [0.25, 0.3) is 0 Å². The maximum atomic E-state index is 13.2. The second-order valence-electron chi connectivity index (χ2n) is 7.53. The molecule has 30 heavy (non-hydrogen) atoms. The van der Waals surface area contributed by atoms with Gasteiger partial charge < -0.3 is 5.11 Å². The van der Waals surface area contributed by atoms with Crippen LogP contribution in [0.2, 0.25) is 0 Å². The molecule has 4 rings (SSSR count). The van der Waals surface area contributed by atoms with Crippen LogP contribution in [0.5, 0.6) is 0 Å². The molecule has 2 atom stereocenters. The van der Waals surface area contributed by atoms with Gasteiger partial charge in [-0.2, -0.15) is 0 Å². The molecule has 0 spiro atoms. The summed E-state index contributed by atoms with van der Waals surface area (Å²) in [4.78, 5) is 31.4. The first kappa shape index (κ1) is 20.0. The predicted molar refractivity (Wildman–Crippen MR) is 108 cm³/mol. The van der Waals surface area contributed by atoms with E-state index in [0.717, 1.165) is 17.0 Å². The zero-order valence-electron chi connectivity index (χ0n) is 16.6. The molecule has 154 valence electrons. The van der Waals surface area contributed by atoms with Gasteiger partial charge in [0.2, 0.25) is 5.91 Å². The summed E-state index contributed by atoms with van der Waals surface area (Å²) in [7, 11) is 0. The van der Waals surface area contributed by atoms with Crippen LogP contribution in [0.15, 0.2) is 48.9 Å². The summed E-state index contributed by atoms with van der Waals surface area (Å²) in [5, 5.41) is 9.87. The van der Waals surface area contributed by atoms with E-state index in [1.807, 2.05) is 6.92 Å². The molecule has 0 unspecified atom stereocenters. The Morgan fingerprint density at radius 3 is 2.67 bits per heavy atom. The van der Waals surface area contributed by atoms with Crippen molar-refractivity contribution in [2.24, 2.45) is 0 Å². The normalized spacial score (nSPS) is 17.4. The van der Waals surface area contributed by atoms with Crippen LogP contribution in [0, 0.1) is 5.82 Å². The van der Waals surface area contributed by atoms with Gasteiger partial charge in [-0.05, 0) is 23.6 Å². The third-order valence-electron chi connectivity index (χ3n) is 5.10. The van der Waals surface area contributed by atoms with Gasteiger partial charge in [0.05, 0.1) is 30.5 Å². The van der Waals surface area contributed by atoms with E-state index in [2.05, 4.69) is 19.9 Å². The molecular formula is C22H22FN5O2. The maximum Gasteiger partial charge on any atom is 0.230 e. The van der Waals surface area contributed by atoms with Gasteiger partial charge >= 0.3 is 0 Å². The van der Waals surface area contributed by atoms with Gasteiger partial charge in [0, 0.05) is 37.5 Å². The number of amides is 1. The van der Waals surface area contributed by atoms with Crippen LogP contribution < -0.4 is 4.90 Å². The van der Waals surface area contributed by atoms with E-state index in [-0.39, 0.29) is 30.6 Å². The van der Waals surface area contributed by atoms with Gasteiger partial charge in [0.1, 0.15) is 17.5 Å². The van der Waals surface area contributed by atoms with E-state index in [1.165, 1.54) is 17.0 Å². The van der Waals surface area contributed by atoms with E-state index in [0.29, 0.717) is 24.5 Å². The molecule has 1 amide bonds. The number of carbonyl (C=O) groups is 1. The fourth-order valence-corrected chi connectivity index (χ4v) is 3.56. The first-order chi connectivity index (χ1) is 14.5. The number of anilines is 1. The molecule has 1 N–H and O–H groups in total. The number of aliphatic hydroxyl groups is 1. The van der Waals surface area contributed by atoms with Crippen LogP contribution in [-0.4, -0.2) is 43.6 Å². The summed E-state index contributed by atoms with van der Waals surface area (Å²) < 4.78 is 13.2. The van der Waals surface area contributed by atoms with Gasteiger partial charge in [-0.25, -0.2) is 14.4 Å². The Morgan fingerprint density at radius 1 is 1.20 bits per heavy atom. The smallest absolute Gasteiger partial charge is 0.230 e. The number of rotatable bonds is 6. The highest BCUT2D eigenvalue weighted by Gasteiger charge is 2.30. The number of aromatic nitrogens is 4. The average molecular weight is 407 g/mol. The molecule has 1 aliphatic heterocycles. The van der Waals surface area contributed by atoms with Crippen molar-refractivity contribution in [3.05, 3.63) is 77.5 Å². The SMILES string of the molecule is C[C@H](Cc1nc(Cc2cnccn2)cc(N2C[C@H](O)CC2=O)n1)c1ccc(F)cc1. The lowest BCUT2D eigenvalue weighted by Crippen LogP contribution is -2.27. The number of carbonyl (C=O) groups excluding carboxylic acids is 1. The molecular weight excluding hydrogens is 385 g/mol. The van der Waals surface area contributed by atoms with E-state index >= 15 is 0 Å². The Balaban J connectivity index is 1.64. The minimum Gasteiger partial charge on any atom is -0.391 e. The summed E-state index contributed by atoms with van der Waals surface area (Å²) in [5.74, 6) is 0.681. The molecule has 0 bridgehead atoms. The Hall–Kier alpha value is -3.26. The molecule has 2 aromatic heterocycles. The van der Waals surface area contributed by atoms with Crippen molar-refractivity contribution in [3.8, 4) is 0 Å². The molecule has 1 fully saturated rings. The summed E-state index contributed by atoms with van der Waals surface area (Å²) in [6, 6.07) is 8.14. The molecule has 3 heterocycles. The number of benzene rings is 1. The minimum atomic E-state index is -0.697. The minimum absolute atomic E-state index is 0.0603. The van der Waals surface area contributed by atoms with E-state index < -0.39 is 6.10 Å². The zero-order valence-corrected chi connectivity index (χ0v) is 16.6. The lowest BCUT2D eigenvalue weighted by molar-refractivity contribution is -0.117. The molecule has 1 aliphatic rings. The Kier molecular flexibility index (Phi) is 5.76. The van der Waals surface area contributed by atoms with Gasteiger partial charge in [-0.1, -0.05) is 19.1 Å². The summed E-state index contributed by atoms with van der Waals surface area (Å²) in [5.41, 5.74) is 2.46. The van der Waals surface area contributed by atoms with E-state index in [4.69, 9.17) is 0 Å². The van der Waals surface area contributed by atoms with Crippen molar-refractivity contribution in [1.29, 1.82) is 0 Å². The molecule has 1 saturated heterocycles. The van der Waals surface area contributed by atoms with Crippen molar-refractivity contribution >= 4 is 11.7 Å². The van der Waals surface area contributed by atoms with Crippen LogP contribution in [-0.2, 0) is 17.6 Å². The van der Waals surface area contributed by atoms with Crippen molar-refractivity contribution < 1.29 is 14.3 Å². The predicted octanol–water partition coefficient (Wildman–Crippen LogP) is 2.44. The van der Waals surface area contributed by atoms with E-state index in [9.17, 15) is 14.3 Å². The van der Waals surface area contributed by atoms with Gasteiger partial charge in [-0.15, -0.1) is 0 Å². The highest BCUT2D eigenvalue weighted by molar-refractivity contribution is 5.95. The molecule has 3 aromatic rings. The standard InChI is InChI=1S/C22H22FN5O2/c1-14(15-2-4-16(23)5-3-15)8-20-26-17(9-18-12-24-6-7-25-18)10-21(27-20)28-13-19(29)11-22(28)30/h2-7,10,12,14,19,29H,8-9,11,13H2,1H3/t14-,19-/m1/s1. The average Bonchev–Trinajstić information content (AvgIpc) is 3.07. The molecule has 0 saturated carbocycles. The number of nitrogens with zero attached hydrogens (tertiary/aromatic N) is 5.